The molecule has 0 aromatic heterocycles. The molecule has 3 rings (SSSR count). The van der Waals surface area contributed by atoms with E-state index < -0.39 is 14.9 Å². The number of hydrogen-bond donors (Lipinski definition) is 0. The molecule has 1 fully saturated rings. The summed E-state index contributed by atoms with van der Waals surface area (Å²) in [5, 5.41) is 11.0. The number of nitro groups is 1. The largest absolute Gasteiger partial charge is 0.273 e. The average molecular weight is 332 g/mol. The fraction of sp³-hybridized carbons (Fsp3) is 0.250. The maximum atomic E-state index is 12.8. The maximum absolute atomic E-state index is 12.8. The van der Waals surface area contributed by atoms with E-state index in [1.54, 1.807) is 6.92 Å². The second kappa shape index (κ2) is 5.75. The summed E-state index contributed by atoms with van der Waals surface area (Å²) in [4.78, 5) is 10.4. The summed E-state index contributed by atoms with van der Waals surface area (Å²) in [5.74, 6) is 0. The van der Waals surface area contributed by atoms with Crippen LogP contribution in [0.4, 0.5) is 5.69 Å². The van der Waals surface area contributed by atoms with Crippen molar-refractivity contribution < 1.29 is 13.3 Å². The zero-order valence-electron chi connectivity index (χ0n) is 12.5. The van der Waals surface area contributed by atoms with Gasteiger partial charge in [0.15, 0.2) is 0 Å². The molecule has 1 heterocycles. The highest BCUT2D eigenvalue weighted by atomic mass is 32.2. The van der Waals surface area contributed by atoms with Gasteiger partial charge in [-0.3, -0.25) is 10.1 Å². The molecule has 1 aliphatic heterocycles. The number of nitro benzene ring substituents is 1. The first-order valence-electron chi connectivity index (χ1n) is 7.23. The summed E-state index contributed by atoms with van der Waals surface area (Å²) in [7, 11) is -3.74. The molecule has 1 atom stereocenters. The predicted octanol–water partition coefficient (Wildman–Crippen LogP) is 3.04. The average Bonchev–Trinajstić information content (AvgIpc) is 2.46. The molecule has 2 aromatic carbocycles. The Bertz CT molecular complexity index is 850. The molecular weight excluding hydrogens is 316 g/mol. The summed E-state index contributed by atoms with van der Waals surface area (Å²) in [6, 6.07) is 13.2. The third kappa shape index (κ3) is 2.73. The van der Waals surface area contributed by atoms with Crippen molar-refractivity contribution in [3.05, 3.63) is 69.8 Å². The first-order chi connectivity index (χ1) is 10.9. The zero-order valence-corrected chi connectivity index (χ0v) is 13.4. The van der Waals surface area contributed by atoms with Gasteiger partial charge in [-0.25, -0.2) is 8.42 Å². The number of nitrogens with zero attached hydrogens (tertiary/aromatic N) is 2. The Morgan fingerprint density at radius 3 is 2.43 bits per heavy atom. The van der Waals surface area contributed by atoms with Crippen molar-refractivity contribution in [1.29, 1.82) is 0 Å². The lowest BCUT2D eigenvalue weighted by Gasteiger charge is -2.39. The normalized spacial score (nSPS) is 18.4. The van der Waals surface area contributed by atoms with Gasteiger partial charge >= 0.3 is 0 Å². The van der Waals surface area contributed by atoms with Gasteiger partial charge in [-0.05, 0) is 25.0 Å². The Hall–Kier alpha value is -2.25. The fourth-order valence-corrected chi connectivity index (χ4v) is 4.42. The highest BCUT2D eigenvalue weighted by Crippen LogP contribution is 2.38. The van der Waals surface area contributed by atoms with Crippen LogP contribution < -0.4 is 0 Å². The van der Waals surface area contributed by atoms with Gasteiger partial charge < -0.3 is 0 Å². The molecule has 1 aliphatic rings. The highest BCUT2D eigenvalue weighted by molar-refractivity contribution is 7.89. The monoisotopic (exact) mass is 332 g/mol. The van der Waals surface area contributed by atoms with Crippen molar-refractivity contribution in [2.75, 3.05) is 6.54 Å². The minimum Gasteiger partial charge on any atom is -0.258 e. The summed E-state index contributed by atoms with van der Waals surface area (Å²) >= 11 is 0. The van der Waals surface area contributed by atoms with Crippen LogP contribution in [-0.4, -0.2) is 24.2 Å². The molecule has 2 aromatic rings. The van der Waals surface area contributed by atoms with Crippen LogP contribution in [0.15, 0.2) is 53.4 Å². The lowest BCUT2D eigenvalue weighted by molar-refractivity contribution is -0.385. The molecule has 0 radical (unpaired) electrons. The molecule has 0 amide bonds. The molecule has 1 saturated heterocycles. The van der Waals surface area contributed by atoms with Gasteiger partial charge in [-0.2, -0.15) is 4.31 Å². The topological polar surface area (TPSA) is 80.5 Å². The summed E-state index contributed by atoms with van der Waals surface area (Å²) in [5.41, 5.74) is 1.20. The first-order valence-corrected chi connectivity index (χ1v) is 8.67. The van der Waals surface area contributed by atoms with Crippen LogP contribution in [-0.2, 0) is 10.0 Å². The van der Waals surface area contributed by atoms with Gasteiger partial charge in [-0.15, -0.1) is 0 Å². The zero-order chi connectivity index (χ0) is 16.6. The molecule has 0 N–H and O–H groups in total. The van der Waals surface area contributed by atoms with Crippen LogP contribution in [0.25, 0.3) is 0 Å². The van der Waals surface area contributed by atoms with Gasteiger partial charge in [0.25, 0.3) is 5.69 Å². The van der Waals surface area contributed by atoms with Crippen LogP contribution in [0.2, 0.25) is 0 Å². The summed E-state index contributed by atoms with van der Waals surface area (Å²) in [6.07, 6.45) is 0.747. The van der Waals surface area contributed by atoms with Crippen LogP contribution in [0.3, 0.4) is 0 Å². The van der Waals surface area contributed by atoms with E-state index in [0.29, 0.717) is 12.1 Å². The molecule has 0 spiro atoms. The maximum Gasteiger partial charge on any atom is 0.273 e. The molecule has 6 nitrogen and oxygen atoms in total. The molecule has 7 heteroatoms. The molecule has 120 valence electrons. The summed E-state index contributed by atoms with van der Waals surface area (Å²) < 4.78 is 27.0. The third-order valence-corrected chi connectivity index (χ3v) is 6.04. The molecule has 0 unspecified atom stereocenters. The van der Waals surface area contributed by atoms with Crippen molar-refractivity contribution in [3.8, 4) is 0 Å². The standard InChI is InChI=1S/C16H16N2O4S/c1-12-7-8-14(11-16(12)18(19)20)23(21,22)17-10-9-15(17)13-5-3-2-4-6-13/h2-8,11,15H,9-10H2,1H3/t15-/m0/s1. The molecular formula is C16H16N2O4S. The van der Waals surface area contributed by atoms with Crippen LogP contribution in [0.5, 0.6) is 0 Å². The predicted molar refractivity (Wildman–Crippen MR) is 85.5 cm³/mol. The van der Waals surface area contributed by atoms with E-state index in [9.17, 15) is 18.5 Å². The molecule has 23 heavy (non-hydrogen) atoms. The van der Waals surface area contributed by atoms with Gasteiger partial charge in [0.05, 0.1) is 15.9 Å². The van der Waals surface area contributed by atoms with E-state index in [1.165, 1.54) is 16.4 Å². The van der Waals surface area contributed by atoms with Crippen molar-refractivity contribution in [3.63, 3.8) is 0 Å². The van der Waals surface area contributed by atoms with Crippen LogP contribution in [0.1, 0.15) is 23.6 Å². The Balaban J connectivity index is 1.96. The summed E-state index contributed by atoms with van der Waals surface area (Å²) in [6.45, 7) is 2.01. The van der Waals surface area contributed by atoms with Gasteiger partial charge in [-0.1, -0.05) is 36.4 Å². The van der Waals surface area contributed by atoms with E-state index >= 15 is 0 Å². The third-order valence-electron chi connectivity index (χ3n) is 4.14. The van der Waals surface area contributed by atoms with Crippen molar-refractivity contribution >= 4 is 15.7 Å². The minimum atomic E-state index is -3.74. The number of benzene rings is 2. The molecule has 0 aliphatic carbocycles. The van der Waals surface area contributed by atoms with E-state index in [2.05, 4.69) is 0 Å². The number of aryl methyl sites for hydroxylation is 1. The second-order valence-corrected chi connectivity index (χ2v) is 7.43. The first kappa shape index (κ1) is 15.6. The quantitative estimate of drug-likeness (QED) is 0.636. The Kier molecular flexibility index (Phi) is 3.91. The van der Waals surface area contributed by atoms with Crippen molar-refractivity contribution in [2.24, 2.45) is 0 Å². The fourth-order valence-electron chi connectivity index (χ4n) is 2.74. The van der Waals surface area contributed by atoms with Crippen LogP contribution in [0, 0.1) is 17.0 Å². The van der Waals surface area contributed by atoms with E-state index in [1.807, 2.05) is 30.3 Å². The Morgan fingerprint density at radius 2 is 1.87 bits per heavy atom. The SMILES string of the molecule is Cc1ccc(S(=O)(=O)N2CC[C@H]2c2ccccc2)cc1[N+](=O)[O-]. The van der Waals surface area contributed by atoms with Gasteiger partial charge in [0.2, 0.25) is 10.0 Å². The Labute approximate surface area is 134 Å². The van der Waals surface area contributed by atoms with Gasteiger partial charge in [0, 0.05) is 18.2 Å². The lowest BCUT2D eigenvalue weighted by Crippen LogP contribution is -2.44. The van der Waals surface area contributed by atoms with E-state index in [0.717, 1.165) is 18.1 Å². The van der Waals surface area contributed by atoms with Gasteiger partial charge in [0.1, 0.15) is 0 Å². The highest BCUT2D eigenvalue weighted by Gasteiger charge is 2.39. The number of sulfonamides is 1. The molecule has 0 saturated carbocycles. The number of hydrogen-bond acceptors (Lipinski definition) is 4. The second-order valence-electron chi connectivity index (χ2n) is 5.54. The van der Waals surface area contributed by atoms with Crippen molar-refractivity contribution in [1.82, 2.24) is 4.31 Å². The molecule has 0 bridgehead atoms. The van der Waals surface area contributed by atoms with Crippen molar-refractivity contribution in [2.45, 2.75) is 24.3 Å². The lowest BCUT2D eigenvalue weighted by atomic mass is 9.98. The van der Waals surface area contributed by atoms with E-state index in [-0.39, 0.29) is 16.6 Å². The van der Waals surface area contributed by atoms with E-state index in [4.69, 9.17) is 0 Å². The smallest absolute Gasteiger partial charge is 0.258 e. The van der Waals surface area contributed by atoms with Crippen LogP contribution >= 0.6 is 0 Å². The number of rotatable bonds is 4. The Morgan fingerprint density at radius 1 is 1.17 bits per heavy atom. The minimum absolute atomic E-state index is 0.0320.